The van der Waals surface area contributed by atoms with Crippen molar-refractivity contribution < 1.29 is 23.1 Å². The maximum Gasteiger partial charge on any atom is 0.417 e. The number of hydrogen-bond acceptors (Lipinski definition) is 3. The Morgan fingerprint density at radius 3 is 2.50 bits per heavy atom. The van der Waals surface area contributed by atoms with Gasteiger partial charge in [0.05, 0.1) is 11.1 Å². The Balaban J connectivity index is 2.02. The van der Waals surface area contributed by atoms with Gasteiger partial charge in [0, 0.05) is 31.0 Å². The van der Waals surface area contributed by atoms with Crippen molar-refractivity contribution in [3.05, 3.63) is 65.5 Å². The molecule has 0 radical (unpaired) electrons. The first-order valence-corrected chi connectivity index (χ1v) is 7.37. The van der Waals surface area contributed by atoms with Gasteiger partial charge in [-0.1, -0.05) is 18.2 Å². The van der Waals surface area contributed by atoms with Crippen LogP contribution in [0.25, 0.3) is 0 Å². The summed E-state index contributed by atoms with van der Waals surface area (Å²) in [5.74, 6) is -1.15. The highest BCUT2D eigenvalue weighted by Gasteiger charge is 2.34. The number of alkyl halides is 3. The summed E-state index contributed by atoms with van der Waals surface area (Å²) < 4.78 is 38.8. The zero-order chi connectivity index (χ0) is 17.6. The highest BCUT2D eigenvalue weighted by Crippen LogP contribution is 2.31. The van der Waals surface area contributed by atoms with Gasteiger partial charge in [0.15, 0.2) is 0 Å². The van der Waals surface area contributed by atoms with Crippen LogP contribution in [0, 0.1) is 5.92 Å². The first-order valence-electron chi connectivity index (χ1n) is 7.37. The van der Waals surface area contributed by atoms with Crippen molar-refractivity contribution in [3.8, 4) is 0 Å². The molecule has 0 aliphatic carbocycles. The minimum atomic E-state index is -4.60. The average Bonchev–Trinajstić information content (AvgIpc) is 2.58. The molecule has 128 valence electrons. The normalized spacial score (nSPS) is 12.7. The lowest BCUT2D eigenvalue weighted by molar-refractivity contribution is -0.137. The van der Waals surface area contributed by atoms with Crippen LogP contribution in [0.4, 0.5) is 13.2 Å². The van der Waals surface area contributed by atoms with Gasteiger partial charge in [-0.2, -0.15) is 13.2 Å². The van der Waals surface area contributed by atoms with Crippen LogP contribution in [0.3, 0.4) is 0 Å². The largest absolute Gasteiger partial charge is 0.417 e. The first kappa shape index (κ1) is 17.9. The summed E-state index contributed by atoms with van der Waals surface area (Å²) in [6.07, 6.45) is -2.57. The predicted octanol–water partition coefficient (Wildman–Crippen LogP) is 2.68. The molecule has 2 N–H and O–H groups in total. The van der Waals surface area contributed by atoms with Crippen molar-refractivity contribution in [1.29, 1.82) is 0 Å². The van der Waals surface area contributed by atoms with Gasteiger partial charge in [-0.05, 0) is 30.7 Å². The number of pyridine rings is 1. The van der Waals surface area contributed by atoms with E-state index in [4.69, 9.17) is 0 Å². The fourth-order valence-corrected chi connectivity index (χ4v) is 2.28. The Kier molecular flexibility index (Phi) is 5.92. The Bertz CT molecular complexity index is 675. The van der Waals surface area contributed by atoms with Gasteiger partial charge in [-0.15, -0.1) is 0 Å². The molecule has 7 heteroatoms. The number of nitrogens with zero attached hydrogens (tertiary/aromatic N) is 1. The first-order chi connectivity index (χ1) is 11.4. The van der Waals surface area contributed by atoms with E-state index in [9.17, 15) is 23.1 Å². The van der Waals surface area contributed by atoms with Gasteiger partial charge >= 0.3 is 6.18 Å². The zero-order valence-electron chi connectivity index (χ0n) is 12.8. The van der Waals surface area contributed by atoms with Gasteiger partial charge in [0.25, 0.3) is 5.91 Å². The van der Waals surface area contributed by atoms with Crippen LogP contribution < -0.4 is 5.32 Å². The summed E-state index contributed by atoms with van der Waals surface area (Å²) in [7, 11) is 0. The van der Waals surface area contributed by atoms with Crippen LogP contribution in [0.2, 0.25) is 0 Å². The topological polar surface area (TPSA) is 62.2 Å². The fourth-order valence-electron chi connectivity index (χ4n) is 2.28. The van der Waals surface area contributed by atoms with E-state index >= 15 is 0 Å². The van der Waals surface area contributed by atoms with E-state index in [2.05, 4.69) is 10.3 Å². The molecule has 1 heterocycles. The number of nitrogens with one attached hydrogen (secondary N) is 1. The maximum absolute atomic E-state index is 12.9. The zero-order valence-corrected chi connectivity index (χ0v) is 12.8. The van der Waals surface area contributed by atoms with Crippen molar-refractivity contribution in [2.45, 2.75) is 12.6 Å². The lowest BCUT2D eigenvalue weighted by atomic mass is 10.0. The summed E-state index contributed by atoms with van der Waals surface area (Å²) in [6.45, 7) is -0.157. The van der Waals surface area contributed by atoms with E-state index in [-0.39, 0.29) is 19.1 Å². The van der Waals surface area contributed by atoms with Crippen molar-refractivity contribution in [1.82, 2.24) is 10.3 Å². The summed E-state index contributed by atoms with van der Waals surface area (Å²) in [5, 5.41) is 11.9. The van der Waals surface area contributed by atoms with Crippen molar-refractivity contribution in [2.24, 2.45) is 5.92 Å². The van der Waals surface area contributed by atoms with Crippen LogP contribution in [-0.4, -0.2) is 29.1 Å². The molecule has 0 aliphatic heterocycles. The third-order valence-corrected chi connectivity index (χ3v) is 3.51. The van der Waals surface area contributed by atoms with Crippen molar-refractivity contribution >= 4 is 5.91 Å². The van der Waals surface area contributed by atoms with Crippen LogP contribution in [-0.2, 0) is 12.6 Å². The quantitative estimate of drug-likeness (QED) is 0.851. The number of amides is 1. The molecular formula is C17H17F3N2O2. The number of aliphatic hydroxyl groups excluding tert-OH is 1. The molecule has 0 spiro atoms. The summed E-state index contributed by atoms with van der Waals surface area (Å²) >= 11 is 0. The van der Waals surface area contributed by atoms with Gasteiger partial charge in [-0.3, -0.25) is 9.78 Å². The molecular weight excluding hydrogens is 321 g/mol. The number of aromatic nitrogens is 1. The van der Waals surface area contributed by atoms with Crippen molar-refractivity contribution in [3.63, 3.8) is 0 Å². The van der Waals surface area contributed by atoms with E-state index in [0.29, 0.717) is 6.42 Å². The van der Waals surface area contributed by atoms with Crippen molar-refractivity contribution in [2.75, 3.05) is 13.2 Å². The lowest BCUT2D eigenvalue weighted by Gasteiger charge is -2.16. The highest BCUT2D eigenvalue weighted by molar-refractivity contribution is 5.95. The van der Waals surface area contributed by atoms with Crippen LogP contribution in [0.15, 0.2) is 48.7 Å². The molecule has 1 aromatic heterocycles. The second-order valence-electron chi connectivity index (χ2n) is 5.33. The van der Waals surface area contributed by atoms with E-state index in [0.717, 1.165) is 17.8 Å². The molecule has 1 unspecified atom stereocenters. The summed E-state index contributed by atoms with van der Waals surface area (Å²) in [4.78, 5) is 16.2. The molecule has 1 amide bonds. The Labute approximate surface area is 137 Å². The number of rotatable bonds is 6. The number of carbonyl (C=O) groups is 1. The van der Waals surface area contributed by atoms with Gasteiger partial charge in [0.2, 0.25) is 0 Å². The molecule has 0 fully saturated rings. The molecule has 0 bridgehead atoms. The third kappa shape index (κ3) is 4.79. The van der Waals surface area contributed by atoms with Gasteiger partial charge < -0.3 is 10.4 Å². The summed E-state index contributed by atoms with van der Waals surface area (Å²) in [6, 6.07) is 9.95. The smallest absolute Gasteiger partial charge is 0.396 e. The number of carbonyl (C=O) groups excluding carboxylic acids is 1. The number of benzene rings is 1. The van der Waals surface area contributed by atoms with Crippen LogP contribution >= 0.6 is 0 Å². The van der Waals surface area contributed by atoms with E-state index < -0.39 is 23.2 Å². The van der Waals surface area contributed by atoms with Crippen LogP contribution in [0.5, 0.6) is 0 Å². The Morgan fingerprint density at radius 1 is 1.17 bits per heavy atom. The molecule has 24 heavy (non-hydrogen) atoms. The van der Waals surface area contributed by atoms with E-state index in [1.54, 1.807) is 24.4 Å². The molecule has 1 atom stereocenters. The Hall–Kier alpha value is -2.41. The number of hydrogen-bond donors (Lipinski definition) is 2. The molecule has 4 nitrogen and oxygen atoms in total. The maximum atomic E-state index is 12.9. The second kappa shape index (κ2) is 7.92. The molecule has 0 aliphatic rings. The van der Waals surface area contributed by atoms with Crippen LogP contribution in [0.1, 0.15) is 21.6 Å². The number of halogens is 3. The molecule has 1 aromatic carbocycles. The second-order valence-corrected chi connectivity index (χ2v) is 5.33. The Morgan fingerprint density at radius 2 is 1.88 bits per heavy atom. The molecule has 0 saturated heterocycles. The highest BCUT2D eigenvalue weighted by atomic mass is 19.4. The minimum absolute atomic E-state index is 0.0537. The number of aliphatic hydroxyl groups is 1. The third-order valence-electron chi connectivity index (χ3n) is 3.51. The van der Waals surface area contributed by atoms with Gasteiger partial charge in [0.1, 0.15) is 0 Å². The summed E-state index contributed by atoms with van der Waals surface area (Å²) in [5.41, 5.74) is -0.672. The predicted molar refractivity (Wildman–Crippen MR) is 82.3 cm³/mol. The standard InChI is InChI=1S/C17H17F3N2O2/c18-17(19,20)15-7-2-1-6-14(15)16(24)22-10-12(11-23)9-13-5-3-4-8-21-13/h1-8,12,23H,9-11H2,(H,22,24). The monoisotopic (exact) mass is 338 g/mol. The van der Waals surface area contributed by atoms with Gasteiger partial charge in [-0.25, -0.2) is 0 Å². The van der Waals surface area contributed by atoms with E-state index in [1.807, 2.05) is 0 Å². The molecule has 2 aromatic rings. The fraction of sp³-hybridized carbons (Fsp3) is 0.294. The SMILES string of the molecule is O=C(NCC(CO)Cc1ccccn1)c1ccccc1C(F)(F)F. The van der Waals surface area contributed by atoms with E-state index in [1.165, 1.54) is 12.1 Å². The minimum Gasteiger partial charge on any atom is -0.396 e. The lowest BCUT2D eigenvalue weighted by Crippen LogP contribution is -2.33. The average molecular weight is 338 g/mol. The molecule has 0 saturated carbocycles. The molecule has 2 rings (SSSR count).